The zero-order valence-electron chi connectivity index (χ0n) is 13.9. The van der Waals surface area contributed by atoms with Crippen molar-refractivity contribution in [1.82, 2.24) is 0 Å². The van der Waals surface area contributed by atoms with Crippen LogP contribution in [-0.2, 0) is 4.79 Å². The van der Waals surface area contributed by atoms with Gasteiger partial charge >= 0.3 is 0 Å². The van der Waals surface area contributed by atoms with Crippen molar-refractivity contribution in [3.05, 3.63) is 58.1 Å². The molecule has 0 saturated heterocycles. The van der Waals surface area contributed by atoms with Gasteiger partial charge in [-0.1, -0.05) is 42.3 Å². The molecule has 1 amide bonds. The SMILES string of the molecule is CC[C@@H](Oc1ccc(C)cc1C)C(=O)Nc1ccc(C)c(Cl)c1. The first-order chi connectivity index (χ1) is 10.9. The van der Waals surface area contributed by atoms with Crippen molar-refractivity contribution < 1.29 is 9.53 Å². The number of benzene rings is 2. The van der Waals surface area contributed by atoms with Crippen molar-refractivity contribution >= 4 is 23.2 Å². The molecule has 2 rings (SSSR count). The lowest BCUT2D eigenvalue weighted by Crippen LogP contribution is -2.32. The Morgan fingerprint density at radius 1 is 1.13 bits per heavy atom. The summed E-state index contributed by atoms with van der Waals surface area (Å²) >= 11 is 6.09. The number of amides is 1. The lowest BCUT2D eigenvalue weighted by atomic mass is 10.1. The number of ether oxygens (including phenoxy) is 1. The number of anilines is 1. The third-order valence-corrected chi connectivity index (χ3v) is 4.11. The lowest BCUT2D eigenvalue weighted by Gasteiger charge is -2.19. The molecule has 3 nitrogen and oxygen atoms in total. The second kappa shape index (κ2) is 7.51. The molecule has 0 unspecified atom stereocenters. The molecule has 0 aliphatic carbocycles. The predicted molar refractivity (Wildman–Crippen MR) is 95.4 cm³/mol. The maximum Gasteiger partial charge on any atom is 0.265 e. The first kappa shape index (κ1) is 17.4. The molecule has 0 heterocycles. The molecule has 1 atom stereocenters. The maximum absolute atomic E-state index is 12.4. The average molecular weight is 332 g/mol. The number of aryl methyl sites for hydroxylation is 3. The molecule has 0 aromatic heterocycles. The van der Waals surface area contributed by atoms with Gasteiger partial charge in [-0.2, -0.15) is 0 Å². The predicted octanol–water partition coefficient (Wildman–Crippen LogP) is 5.06. The first-order valence-corrected chi connectivity index (χ1v) is 8.09. The average Bonchev–Trinajstić information content (AvgIpc) is 2.50. The van der Waals surface area contributed by atoms with Gasteiger partial charge < -0.3 is 10.1 Å². The topological polar surface area (TPSA) is 38.3 Å². The van der Waals surface area contributed by atoms with Crippen LogP contribution in [0.15, 0.2) is 36.4 Å². The quantitative estimate of drug-likeness (QED) is 0.831. The minimum absolute atomic E-state index is 0.174. The van der Waals surface area contributed by atoms with Crippen molar-refractivity contribution in [3.8, 4) is 5.75 Å². The molecule has 0 bridgehead atoms. The Morgan fingerprint density at radius 2 is 1.87 bits per heavy atom. The van der Waals surface area contributed by atoms with Gasteiger partial charge in [0.05, 0.1) is 0 Å². The number of carbonyl (C=O) groups excluding carboxylic acids is 1. The van der Waals surface area contributed by atoms with Gasteiger partial charge in [-0.25, -0.2) is 0 Å². The molecular weight excluding hydrogens is 310 g/mol. The van der Waals surface area contributed by atoms with Crippen LogP contribution in [0.5, 0.6) is 5.75 Å². The van der Waals surface area contributed by atoms with Gasteiger partial charge in [0.15, 0.2) is 6.10 Å². The highest BCUT2D eigenvalue weighted by Gasteiger charge is 2.19. The molecule has 4 heteroatoms. The summed E-state index contributed by atoms with van der Waals surface area (Å²) in [5.74, 6) is 0.562. The van der Waals surface area contributed by atoms with Gasteiger partial charge in [0.25, 0.3) is 5.91 Å². The molecule has 0 aliphatic rings. The fourth-order valence-corrected chi connectivity index (χ4v) is 2.48. The smallest absolute Gasteiger partial charge is 0.265 e. The summed E-state index contributed by atoms with van der Waals surface area (Å²) in [6.45, 7) is 7.86. The van der Waals surface area contributed by atoms with Gasteiger partial charge in [0.1, 0.15) is 5.75 Å². The molecule has 23 heavy (non-hydrogen) atoms. The van der Waals surface area contributed by atoms with E-state index in [0.717, 1.165) is 16.9 Å². The summed E-state index contributed by atoms with van der Waals surface area (Å²) in [5, 5.41) is 3.49. The van der Waals surface area contributed by atoms with Crippen molar-refractivity contribution in [2.75, 3.05) is 5.32 Å². The fourth-order valence-electron chi connectivity index (χ4n) is 2.30. The van der Waals surface area contributed by atoms with E-state index in [2.05, 4.69) is 5.32 Å². The van der Waals surface area contributed by atoms with Crippen molar-refractivity contribution in [2.24, 2.45) is 0 Å². The summed E-state index contributed by atoms with van der Waals surface area (Å²) in [7, 11) is 0. The Morgan fingerprint density at radius 3 is 2.48 bits per heavy atom. The summed E-state index contributed by atoms with van der Waals surface area (Å²) in [6, 6.07) is 11.4. The van der Waals surface area contributed by atoms with Crippen molar-refractivity contribution in [1.29, 1.82) is 0 Å². The molecule has 0 saturated carbocycles. The van der Waals surface area contributed by atoms with Gasteiger partial charge in [-0.05, 0) is 56.5 Å². The number of hydrogen-bond donors (Lipinski definition) is 1. The number of rotatable bonds is 5. The molecule has 2 aromatic rings. The lowest BCUT2D eigenvalue weighted by molar-refractivity contribution is -0.122. The summed E-state index contributed by atoms with van der Waals surface area (Å²) in [4.78, 5) is 12.4. The highest BCUT2D eigenvalue weighted by atomic mass is 35.5. The van der Waals surface area contributed by atoms with E-state index in [1.165, 1.54) is 5.56 Å². The summed E-state index contributed by atoms with van der Waals surface area (Å²) in [6.07, 6.45) is 0.0372. The van der Waals surface area contributed by atoms with Crippen LogP contribution in [0.2, 0.25) is 5.02 Å². The van der Waals surface area contributed by atoms with E-state index < -0.39 is 6.10 Å². The van der Waals surface area contributed by atoms with E-state index in [0.29, 0.717) is 17.1 Å². The Kier molecular flexibility index (Phi) is 5.67. The molecule has 0 radical (unpaired) electrons. The summed E-state index contributed by atoms with van der Waals surface area (Å²) in [5.41, 5.74) is 3.84. The van der Waals surface area contributed by atoms with Crippen LogP contribution in [0.1, 0.15) is 30.0 Å². The molecule has 1 N–H and O–H groups in total. The highest BCUT2D eigenvalue weighted by molar-refractivity contribution is 6.31. The van der Waals surface area contributed by atoms with Gasteiger partial charge in [-0.3, -0.25) is 4.79 Å². The van der Waals surface area contributed by atoms with Gasteiger partial charge in [-0.15, -0.1) is 0 Å². The van der Waals surface area contributed by atoms with Gasteiger partial charge in [0.2, 0.25) is 0 Å². The number of halogens is 1. The Balaban J connectivity index is 2.10. The molecule has 2 aromatic carbocycles. The number of nitrogens with one attached hydrogen (secondary N) is 1. The zero-order valence-corrected chi connectivity index (χ0v) is 14.7. The maximum atomic E-state index is 12.4. The van der Waals surface area contributed by atoms with Crippen molar-refractivity contribution in [2.45, 2.75) is 40.2 Å². The third kappa shape index (κ3) is 4.49. The standard InChI is InChI=1S/C19H22ClNO2/c1-5-17(23-18-9-6-12(2)10-14(18)4)19(22)21-15-8-7-13(3)16(20)11-15/h6-11,17H,5H2,1-4H3,(H,21,22)/t17-/m1/s1. The summed E-state index contributed by atoms with van der Waals surface area (Å²) < 4.78 is 5.89. The second-order valence-corrected chi connectivity index (χ2v) is 6.14. The minimum Gasteiger partial charge on any atom is -0.480 e. The van der Waals surface area contributed by atoms with Crippen LogP contribution >= 0.6 is 11.6 Å². The highest BCUT2D eigenvalue weighted by Crippen LogP contribution is 2.23. The monoisotopic (exact) mass is 331 g/mol. The van der Waals surface area contributed by atoms with E-state index in [4.69, 9.17) is 16.3 Å². The molecule has 0 aliphatic heterocycles. The molecule has 0 spiro atoms. The Hall–Kier alpha value is -2.00. The van der Waals surface area contributed by atoms with E-state index in [1.54, 1.807) is 6.07 Å². The van der Waals surface area contributed by atoms with E-state index in [9.17, 15) is 4.79 Å². The van der Waals surface area contributed by atoms with E-state index in [-0.39, 0.29) is 5.91 Å². The van der Waals surface area contributed by atoms with Crippen LogP contribution in [-0.4, -0.2) is 12.0 Å². The van der Waals surface area contributed by atoms with Crippen LogP contribution in [0.4, 0.5) is 5.69 Å². The third-order valence-electron chi connectivity index (χ3n) is 3.70. The Bertz CT molecular complexity index is 713. The zero-order chi connectivity index (χ0) is 17.0. The minimum atomic E-state index is -0.545. The van der Waals surface area contributed by atoms with Gasteiger partial charge in [0, 0.05) is 10.7 Å². The van der Waals surface area contributed by atoms with Crippen LogP contribution in [0.25, 0.3) is 0 Å². The van der Waals surface area contributed by atoms with Crippen LogP contribution in [0, 0.1) is 20.8 Å². The number of hydrogen-bond acceptors (Lipinski definition) is 2. The van der Waals surface area contributed by atoms with Crippen molar-refractivity contribution in [3.63, 3.8) is 0 Å². The largest absolute Gasteiger partial charge is 0.480 e. The normalized spacial score (nSPS) is 11.9. The van der Waals surface area contributed by atoms with E-state index in [1.807, 2.05) is 58.0 Å². The Labute approximate surface area is 142 Å². The first-order valence-electron chi connectivity index (χ1n) is 7.71. The molecule has 122 valence electrons. The fraction of sp³-hybridized carbons (Fsp3) is 0.316. The van der Waals surface area contributed by atoms with Crippen LogP contribution in [0.3, 0.4) is 0 Å². The molecular formula is C19H22ClNO2. The second-order valence-electron chi connectivity index (χ2n) is 5.74. The molecule has 0 fully saturated rings. The van der Waals surface area contributed by atoms with Crippen LogP contribution < -0.4 is 10.1 Å². The number of carbonyl (C=O) groups is 1. The van der Waals surface area contributed by atoms with E-state index >= 15 is 0 Å².